The van der Waals surface area contributed by atoms with E-state index in [-0.39, 0.29) is 22.3 Å². The van der Waals surface area contributed by atoms with Gasteiger partial charge < -0.3 is 14.2 Å². The van der Waals surface area contributed by atoms with Crippen LogP contribution in [0.25, 0.3) is 11.1 Å². The Morgan fingerprint density at radius 2 is 1.29 bits per heavy atom. The number of esters is 3. The fourth-order valence-electron chi connectivity index (χ4n) is 2.19. The number of methoxy groups -OCH3 is 3. The van der Waals surface area contributed by atoms with E-state index in [0.29, 0.717) is 5.56 Å². The zero-order valence-corrected chi connectivity index (χ0v) is 13.4. The van der Waals surface area contributed by atoms with Crippen molar-refractivity contribution in [2.45, 2.75) is 0 Å². The Balaban J connectivity index is 2.92. The molecule has 0 heterocycles. The van der Waals surface area contributed by atoms with Crippen LogP contribution in [-0.4, -0.2) is 39.2 Å². The van der Waals surface area contributed by atoms with Crippen molar-refractivity contribution in [1.29, 1.82) is 0 Å². The number of carbonyl (C=O) groups excluding carboxylic acids is 3. The van der Waals surface area contributed by atoms with E-state index in [1.807, 2.05) is 0 Å². The van der Waals surface area contributed by atoms with Crippen molar-refractivity contribution in [2.75, 3.05) is 21.3 Å². The van der Waals surface area contributed by atoms with Gasteiger partial charge in [-0.2, -0.15) is 0 Å². The Labute approximate surface area is 140 Å². The van der Waals surface area contributed by atoms with Gasteiger partial charge in [0.25, 0.3) is 0 Å². The van der Waals surface area contributed by atoms with Crippen molar-refractivity contribution in [1.82, 2.24) is 0 Å². The fourth-order valence-corrected chi connectivity index (χ4v) is 2.19. The van der Waals surface area contributed by atoms with Gasteiger partial charge in [0.05, 0.1) is 39.4 Å². The molecule has 0 radical (unpaired) electrons. The lowest BCUT2D eigenvalue weighted by Gasteiger charge is -2.13. The van der Waals surface area contributed by atoms with Gasteiger partial charge in [-0.15, -0.1) is 0 Å². The molecule has 0 amide bonds. The molecule has 24 heavy (non-hydrogen) atoms. The molecule has 0 spiro atoms. The minimum absolute atomic E-state index is 0.137. The van der Waals surface area contributed by atoms with E-state index in [9.17, 15) is 14.4 Å². The van der Waals surface area contributed by atoms with Crippen LogP contribution in [0, 0.1) is 0 Å². The third kappa shape index (κ3) is 3.27. The predicted molar refractivity (Wildman–Crippen MR) is 85.9 cm³/mol. The maximum absolute atomic E-state index is 12.2. The van der Waals surface area contributed by atoms with Gasteiger partial charge in [0.15, 0.2) is 0 Å². The van der Waals surface area contributed by atoms with Crippen molar-refractivity contribution >= 4 is 17.9 Å². The lowest BCUT2D eigenvalue weighted by molar-refractivity contribution is 0.0553. The molecule has 0 aromatic heterocycles. The summed E-state index contributed by atoms with van der Waals surface area (Å²) in [6.07, 6.45) is 0. The Morgan fingerprint density at radius 3 is 1.83 bits per heavy atom. The van der Waals surface area contributed by atoms with Crippen LogP contribution < -0.4 is 0 Å². The highest BCUT2D eigenvalue weighted by atomic mass is 16.5. The molecule has 0 saturated heterocycles. The maximum Gasteiger partial charge on any atom is 0.338 e. The summed E-state index contributed by atoms with van der Waals surface area (Å²) in [5.74, 6) is -2.54. The Hall–Kier alpha value is -3.15. The lowest BCUT2D eigenvalue weighted by Crippen LogP contribution is -2.15. The molecule has 0 saturated carbocycles. The molecular formula is C18H16O6. The normalized spacial score (nSPS) is 10.5. The average molecular weight is 329 g/mol. The number of hydrogen-bond acceptors (Lipinski definition) is 6. The summed E-state index contributed by atoms with van der Waals surface area (Å²) in [7, 11) is 3.44. The maximum atomic E-state index is 12.2. The zero-order chi connectivity index (χ0) is 18.6. The van der Waals surface area contributed by atoms with Crippen molar-refractivity contribution in [2.24, 2.45) is 0 Å². The summed E-state index contributed by atoms with van der Waals surface area (Å²) >= 11 is 0. The number of carbonyl (C=O) groups is 3. The second-order valence-electron chi connectivity index (χ2n) is 4.69. The van der Waals surface area contributed by atoms with Gasteiger partial charge in [0, 0.05) is 0 Å². The zero-order valence-electron chi connectivity index (χ0n) is 14.4. The van der Waals surface area contributed by atoms with E-state index in [2.05, 4.69) is 4.74 Å². The van der Waals surface area contributed by atoms with Crippen LogP contribution in [0.15, 0.2) is 42.4 Å². The first kappa shape index (κ1) is 15.7. The molecule has 0 aliphatic heterocycles. The van der Waals surface area contributed by atoms with Crippen LogP contribution in [-0.2, 0) is 14.2 Å². The van der Waals surface area contributed by atoms with Crippen LogP contribution in [0.1, 0.15) is 32.4 Å². The van der Waals surface area contributed by atoms with Crippen LogP contribution in [0.3, 0.4) is 0 Å². The van der Waals surface area contributed by atoms with Crippen LogP contribution >= 0.6 is 0 Å². The fraction of sp³-hybridized carbons (Fsp3) is 0.167. The molecule has 0 fully saturated rings. The lowest BCUT2D eigenvalue weighted by atomic mass is 9.93. The van der Waals surface area contributed by atoms with Crippen molar-refractivity contribution in [3.63, 3.8) is 0 Å². The summed E-state index contributed by atoms with van der Waals surface area (Å²) in [6, 6.07) is 9.56. The largest absolute Gasteiger partial charge is 0.465 e. The van der Waals surface area contributed by atoms with Crippen LogP contribution in [0.4, 0.5) is 0 Å². The summed E-state index contributed by atoms with van der Waals surface area (Å²) in [4.78, 5) is 36.4. The van der Waals surface area contributed by atoms with Crippen molar-refractivity contribution in [3.05, 3.63) is 59.1 Å². The van der Waals surface area contributed by atoms with Gasteiger partial charge in [-0.3, -0.25) is 0 Å². The van der Waals surface area contributed by atoms with E-state index in [1.54, 1.807) is 30.3 Å². The van der Waals surface area contributed by atoms with E-state index in [0.717, 1.165) is 14.2 Å². The molecule has 6 heteroatoms. The number of ether oxygens (including phenoxy) is 3. The molecule has 0 aliphatic carbocycles. The smallest absolute Gasteiger partial charge is 0.338 e. The quantitative estimate of drug-likeness (QED) is 0.634. The van der Waals surface area contributed by atoms with Crippen LogP contribution in [0.2, 0.25) is 0 Å². The Bertz CT molecular complexity index is 829. The molecule has 0 N–H and O–H groups in total. The monoisotopic (exact) mass is 329 g/mol. The van der Waals surface area contributed by atoms with Gasteiger partial charge in [-0.25, -0.2) is 14.4 Å². The van der Waals surface area contributed by atoms with Gasteiger partial charge in [0.2, 0.25) is 0 Å². The Kier molecular flexibility index (Phi) is 4.86. The highest BCUT2D eigenvalue weighted by molar-refractivity contribution is 6.08. The van der Waals surface area contributed by atoms with Gasteiger partial charge in [0.1, 0.15) is 0 Å². The second kappa shape index (κ2) is 7.41. The molecule has 6 nitrogen and oxygen atoms in total. The Morgan fingerprint density at radius 1 is 0.792 bits per heavy atom. The molecule has 124 valence electrons. The molecular weight excluding hydrogens is 312 g/mol. The minimum Gasteiger partial charge on any atom is -0.465 e. The number of benzene rings is 2. The van der Waals surface area contributed by atoms with E-state index < -0.39 is 24.0 Å². The van der Waals surface area contributed by atoms with Crippen molar-refractivity contribution in [3.8, 4) is 11.1 Å². The summed E-state index contributed by atoms with van der Waals surface area (Å²) < 4.78 is 22.4. The highest BCUT2D eigenvalue weighted by Gasteiger charge is 2.24. The van der Waals surface area contributed by atoms with E-state index in [1.165, 1.54) is 13.2 Å². The SMILES string of the molecule is [2H]c1c(C(=O)OC)c(C(=O)OC)cc(-c2ccccc2)c1C(=O)OC. The van der Waals surface area contributed by atoms with Gasteiger partial charge in [-0.1, -0.05) is 30.3 Å². The average Bonchev–Trinajstić information content (AvgIpc) is 2.65. The predicted octanol–water partition coefficient (Wildman–Crippen LogP) is 2.71. The minimum atomic E-state index is -0.921. The van der Waals surface area contributed by atoms with Crippen molar-refractivity contribution < 1.29 is 30.0 Å². The number of rotatable bonds is 4. The summed E-state index contributed by atoms with van der Waals surface area (Å²) in [5, 5.41) is 0. The summed E-state index contributed by atoms with van der Waals surface area (Å²) in [5.41, 5.74) is 0.213. The molecule has 2 aromatic carbocycles. The van der Waals surface area contributed by atoms with Crippen LogP contribution in [0.5, 0.6) is 0 Å². The van der Waals surface area contributed by atoms with E-state index in [4.69, 9.17) is 10.8 Å². The molecule has 0 unspecified atom stereocenters. The standard InChI is InChI=1S/C18H16O6/c1-22-16(19)13-10-15(18(21)24-3)14(17(20)23-2)9-12(13)11-7-5-4-6-8-11/h4-10H,1-3H3/i10D. The topological polar surface area (TPSA) is 78.9 Å². The third-order valence-corrected chi connectivity index (χ3v) is 3.35. The summed E-state index contributed by atoms with van der Waals surface area (Å²) in [6.45, 7) is 0. The molecule has 0 bridgehead atoms. The highest BCUT2D eigenvalue weighted by Crippen LogP contribution is 2.29. The first-order chi connectivity index (χ1) is 12.0. The molecule has 2 rings (SSSR count). The second-order valence-corrected chi connectivity index (χ2v) is 4.69. The number of hydrogen-bond donors (Lipinski definition) is 0. The molecule has 2 aromatic rings. The van der Waals surface area contributed by atoms with Gasteiger partial charge >= 0.3 is 17.9 Å². The third-order valence-electron chi connectivity index (χ3n) is 3.35. The van der Waals surface area contributed by atoms with Gasteiger partial charge in [-0.05, 0) is 23.2 Å². The van der Waals surface area contributed by atoms with E-state index >= 15 is 0 Å². The first-order valence-corrected chi connectivity index (χ1v) is 6.94. The molecule has 0 atom stereocenters. The first-order valence-electron chi connectivity index (χ1n) is 7.44. The molecule has 0 aliphatic rings.